The maximum absolute atomic E-state index is 11.9. The summed E-state index contributed by atoms with van der Waals surface area (Å²) in [5, 5.41) is 3.97. The van der Waals surface area contributed by atoms with E-state index in [9.17, 15) is 9.59 Å². The van der Waals surface area contributed by atoms with Gasteiger partial charge in [0.05, 0.1) is 0 Å². The topological polar surface area (TPSA) is 76.8 Å². The highest BCUT2D eigenvalue weighted by atomic mass is 35.6. The minimum absolute atomic E-state index is 0.0763. The summed E-state index contributed by atoms with van der Waals surface area (Å²) in [6, 6.07) is -0.533. The molecule has 0 saturated carbocycles. The summed E-state index contributed by atoms with van der Waals surface area (Å²) in [6.45, 7) is -0.448. The zero-order valence-electron chi connectivity index (χ0n) is 11.2. The summed E-state index contributed by atoms with van der Waals surface area (Å²) < 4.78 is 4.47. The van der Waals surface area contributed by atoms with Crippen molar-refractivity contribution in [2.45, 2.75) is 8.13 Å². The molecule has 12 heteroatoms. The van der Waals surface area contributed by atoms with Gasteiger partial charge in [0.25, 0.3) is 0 Å². The molecule has 0 aliphatic rings. The van der Waals surface area contributed by atoms with Gasteiger partial charge in [-0.2, -0.15) is 4.99 Å². The molecule has 1 heterocycles. The first-order chi connectivity index (χ1) is 9.64. The summed E-state index contributed by atoms with van der Waals surface area (Å²) in [7, 11) is 3.07. The van der Waals surface area contributed by atoms with Crippen molar-refractivity contribution in [1.82, 2.24) is 14.7 Å². The van der Waals surface area contributed by atoms with Crippen molar-refractivity contribution in [3.63, 3.8) is 0 Å². The van der Waals surface area contributed by atoms with Crippen LogP contribution in [0.5, 0.6) is 0 Å². The summed E-state index contributed by atoms with van der Waals surface area (Å²) in [4.78, 5) is 28.6. The third kappa shape index (κ3) is 6.03. The molecule has 0 N–H and O–H groups in total. The zero-order valence-corrected chi connectivity index (χ0v) is 15.1. The molecule has 0 fully saturated rings. The van der Waals surface area contributed by atoms with Gasteiger partial charge in [-0.05, 0) is 6.26 Å². The predicted molar refractivity (Wildman–Crippen MR) is 83.6 cm³/mol. The Kier molecular flexibility index (Phi) is 6.79. The highest BCUT2D eigenvalue weighted by Crippen LogP contribution is 2.26. The van der Waals surface area contributed by atoms with Crippen LogP contribution in [0.4, 0.5) is 9.59 Å². The molecule has 0 radical (unpaired) electrons. The van der Waals surface area contributed by atoms with E-state index in [1.165, 1.54) is 30.8 Å². The Labute approximate surface area is 143 Å². The number of hydrogen-bond donors (Lipinski definition) is 0. The SMILES string of the molecule is CSc1nn(C(=O)OCC(Cl)(Cl)Cl)c(=NC(=O)N(C)C)s1. The first-order valence-electron chi connectivity index (χ1n) is 5.28. The molecule has 0 aliphatic heterocycles. The Morgan fingerprint density at radius 2 is 2.10 bits per heavy atom. The van der Waals surface area contributed by atoms with Crippen molar-refractivity contribution in [3.8, 4) is 0 Å². The van der Waals surface area contributed by atoms with Crippen molar-refractivity contribution in [2.75, 3.05) is 27.0 Å². The number of amides is 2. The summed E-state index contributed by atoms with van der Waals surface area (Å²) >= 11 is 18.9. The average molecular weight is 394 g/mol. The van der Waals surface area contributed by atoms with Crippen LogP contribution in [0.1, 0.15) is 0 Å². The molecule has 0 unspecified atom stereocenters. The van der Waals surface area contributed by atoms with Crippen LogP contribution >= 0.6 is 57.9 Å². The van der Waals surface area contributed by atoms with Crippen LogP contribution < -0.4 is 4.80 Å². The van der Waals surface area contributed by atoms with Gasteiger partial charge in [0.1, 0.15) is 6.61 Å². The molecule has 21 heavy (non-hydrogen) atoms. The van der Waals surface area contributed by atoms with Gasteiger partial charge < -0.3 is 9.64 Å². The summed E-state index contributed by atoms with van der Waals surface area (Å²) in [5.74, 6) is 0. The number of nitrogens with zero attached hydrogens (tertiary/aromatic N) is 4. The Morgan fingerprint density at radius 1 is 1.48 bits per heavy atom. The predicted octanol–water partition coefficient (Wildman–Crippen LogP) is 2.60. The summed E-state index contributed by atoms with van der Waals surface area (Å²) in [5.41, 5.74) is 0. The Morgan fingerprint density at radius 3 is 2.57 bits per heavy atom. The van der Waals surface area contributed by atoms with Gasteiger partial charge in [-0.3, -0.25) is 0 Å². The monoisotopic (exact) mass is 392 g/mol. The van der Waals surface area contributed by atoms with E-state index in [0.29, 0.717) is 4.34 Å². The van der Waals surface area contributed by atoms with Gasteiger partial charge in [0.15, 0.2) is 4.34 Å². The lowest BCUT2D eigenvalue weighted by Crippen LogP contribution is -2.30. The molecule has 118 valence electrons. The van der Waals surface area contributed by atoms with E-state index in [1.807, 2.05) is 0 Å². The van der Waals surface area contributed by atoms with E-state index in [4.69, 9.17) is 39.5 Å². The van der Waals surface area contributed by atoms with Crippen molar-refractivity contribution >= 4 is 70.0 Å². The van der Waals surface area contributed by atoms with Crippen LogP contribution in [0.3, 0.4) is 0 Å². The number of carbonyl (C=O) groups excluding carboxylic acids is 2. The molecule has 0 aliphatic carbocycles. The van der Waals surface area contributed by atoms with Gasteiger partial charge >= 0.3 is 12.1 Å². The fraction of sp³-hybridized carbons (Fsp3) is 0.556. The second-order valence-corrected chi connectivity index (χ2v) is 8.25. The quantitative estimate of drug-likeness (QED) is 0.570. The second kappa shape index (κ2) is 7.68. The van der Waals surface area contributed by atoms with E-state index in [-0.39, 0.29) is 4.80 Å². The maximum atomic E-state index is 11.9. The van der Waals surface area contributed by atoms with Crippen molar-refractivity contribution in [3.05, 3.63) is 4.80 Å². The van der Waals surface area contributed by atoms with E-state index in [2.05, 4.69) is 10.1 Å². The van der Waals surface area contributed by atoms with Crippen LogP contribution in [0.2, 0.25) is 0 Å². The minimum Gasteiger partial charge on any atom is -0.443 e. The molecule has 1 aromatic rings. The van der Waals surface area contributed by atoms with Gasteiger partial charge in [0.2, 0.25) is 8.59 Å². The third-order valence-corrected chi connectivity index (χ3v) is 4.03. The Bertz CT molecular complexity index is 594. The smallest absolute Gasteiger partial charge is 0.437 e. The molecule has 2 amide bonds. The standard InChI is InChI=1S/C9H11Cl3N4O3S2/c1-15(2)5(17)13-6-16(14-7(20-3)21-6)8(18)19-4-9(10,11)12/h4H2,1-3H3. The Hall–Kier alpha value is -0.480. The number of alkyl halides is 3. The van der Waals surface area contributed by atoms with Gasteiger partial charge in [-0.25, -0.2) is 9.59 Å². The van der Waals surface area contributed by atoms with Crippen LogP contribution in [-0.4, -0.2) is 57.6 Å². The van der Waals surface area contributed by atoms with E-state index >= 15 is 0 Å². The fourth-order valence-corrected chi connectivity index (χ4v) is 2.41. The second-order valence-electron chi connectivity index (χ2n) is 3.73. The summed E-state index contributed by atoms with van der Waals surface area (Å²) in [6.07, 6.45) is 0.885. The minimum atomic E-state index is -1.73. The van der Waals surface area contributed by atoms with E-state index < -0.39 is 22.5 Å². The van der Waals surface area contributed by atoms with E-state index in [0.717, 1.165) is 16.0 Å². The number of carbonyl (C=O) groups is 2. The molecule has 1 rings (SSSR count). The molecule has 0 aromatic carbocycles. The maximum Gasteiger partial charge on any atom is 0.437 e. The zero-order chi connectivity index (χ0) is 16.2. The molecule has 0 spiro atoms. The van der Waals surface area contributed by atoms with Crippen LogP contribution in [0.15, 0.2) is 9.33 Å². The van der Waals surface area contributed by atoms with Crippen molar-refractivity contribution in [1.29, 1.82) is 0 Å². The molecule has 0 bridgehead atoms. The number of halogens is 3. The molecule has 0 saturated heterocycles. The lowest BCUT2D eigenvalue weighted by molar-refractivity contribution is 0.145. The van der Waals surface area contributed by atoms with Crippen LogP contribution in [-0.2, 0) is 4.74 Å². The number of ether oxygens (including phenoxy) is 1. The van der Waals surface area contributed by atoms with Crippen LogP contribution in [0, 0.1) is 0 Å². The highest BCUT2D eigenvalue weighted by molar-refractivity contribution is 8.00. The average Bonchev–Trinajstić information content (AvgIpc) is 2.78. The lowest BCUT2D eigenvalue weighted by Gasteiger charge is -2.10. The molecular formula is C9H11Cl3N4O3S2. The lowest BCUT2D eigenvalue weighted by atomic mass is 10.8. The first-order valence-corrected chi connectivity index (χ1v) is 8.45. The van der Waals surface area contributed by atoms with Crippen molar-refractivity contribution in [2.24, 2.45) is 4.99 Å². The number of rotatable bonds is 2. The van der Waals surface area contributed by atoms with E-state index in [1.54, 1.807) is 6.26 Å². The van der Waals surface area contributed by atoms with Crippen molar-refractivity contribution < 1.29 is 14.3 Å². The van der Waals surface area contributed by atoms with Crippen LogP contribution in [0.25, 0.3) is 0 Å². The molecule has 7 nitrogen and oxygen atoms in total. The molecular weight excluding hydrogens is 383 g/mol. The highest BCUT2D eigenvalue weighted by Gasteiger charge is 2.24. The third-order valence-electron chi connectivity index (χ3n) is 1.82. The first kappa shape index (κ1) is 18.6. The number of urea groups is 1. The number of aromatic nitrogens is 2. The van der Waals surface area contributed by atoms with Gasteiger partial charge in [0, 0.05) is 14.1 Å². The molecule has 1 aromatic heterocycles. The van der Waals surface area contributed by atoms with Gasteiger partial charge in [-0.15, -0.1) is 9.78 Å². The normalized spacial score (nSPS) is 12.4. The Balaban J connectivity index is 3.08. The van der Waals surface area contributed by atoms with Gasteiger partial charge in [-0.1, -0.05) is 57.9 Å². The number of hydrogen-bond acceptors (Lipinski definition) is 6. The largest absolute Gasteiger partial charge is 0.443 e. The molecule has 0 atom stereocenters. The number of thioether (sulfide) groups is 1. The fourth-order valence-electron chi connectivity index (χ4n) is 0.924.